The van der Waals surface area contributed by atoms with Gasteiger partial charge in [-0.15, -0.1) is 0 Å². The fourth-order valence-electron chi connectivity index (χ4n) is 2.09. The Bertz CT molecular complexity index is 198. The molecule has 0 heterocycles. The van der Waals surface area contributed by atoms with Crippen molar-refractivity contribution in [3.05, 3.63) is 0 Å². The van der Waals surface area contributed by atoms with Crippen LogP contribution < -0.4 is 5.32 Å². The number of aliphatic hydroxyl groups excluding tert-OH is 1. The van der Waals surface area contributed by atoms with Gasteiger partial charge in [0, 0.05) is 5.92 Å². The lowest BCUT2D eigenvalue weighted by molar-refractivity contribution is -0.127. The van der Waals surface area contributed by atoms with Crippen molar-refractivity contribution >= 4 is 5.91 Å². The molecule has 2 N–H and O–H groups in total. The Balaban J connectivity index is 2.38. The average Bonchev–Trinajstić information content (AvgIpc) is 2.26. The van der Waals surface area contributed by atoms with E-state index < -0.39 is 0 Å². The first-order valence-corrected chi connectivity index (χ1v) is 6.06. The Hall–Kier alpha value is -0.570. The van der Waals surface area contributed by atoms with Crippen LogP contribution in [0.1, 0.15) is 46.0 Å². The van der Waals surface area contributed by atoms with E-state index in [1.165, 1.54) is 19.3 Å². The maximum Gasteiger partial charge on any atom is 0.223 e. The molecule has 0 aromatic carbocycles. The Labute approximate surface area is 92.3 Å². The lowest BCUT2D eigenvalue weighted by atomic mass is 9.88. The number of aliphatic hydroxyl groups is 1. The van der Waals surface area contributed by atoms with Crippen LogP contribution >= 0.6 is 0 Å². The highest BCUT2D eigenvalue weighted by Crippen LogP contribution is 2.23. The van der Waals surface area contributed by atoms with Crippen LogP contribution in [0.4, 0.5) is 0 Å². The van der Waals surface area contributed by atoms with Gasteiger partial charge in [-0.3, -0.25) is 4.79 Å². The zero-order valence-corrected chi connectivity index (χ0v) is 9.83. The van der Waals surface area contributed by atoms with E-state index in [-0.39, 0.29) is 24.5 Å². The highest BCUT2D eigenvalue weighted by atomic mass is 16.3. The second-order valence-electron chi connectivity index (χ2n) is 4.88. The maximum atomic E-state index is 11.8. The normalized spacial score (nSPS) is 20.3. The average molecular weight is 213 g/mol. The van der Waals surface area contributed by atoms with Gasteiger partial charge >= 0.3 is 0 Å². The van der Waals surface area contributed by atoms with Gasteiger partial charge in [-0.25, -0.2) is 0 Å². The highest BCUT2D eigenvalue weighted by Gasteiger charge is 2.23. The summed E-state index contributed by atoms with van der Waals surface area (Å²) in [6.45, 7) is 4.07. The highest BCUT2D eigenvalue weighted by molar-refractivity contribution is 5.79. The predicted octanol–water partition coefficient (Wildman–Crippen LogP) is 1.70. The number of amides is 1. The van der Waals surface area contributed by atoms with Gasteiger partial charge < -0.3 is 10.4 Å². The van der Waals surface area contributed by atoms with Crippen molar-refractivity contribution < 1.29 is 9.90 Å². The van der Waals surface area contributed by atoms with E-state index in [1.54, 1.807) is 0 Å². The molecular formula is C12H23NO2. The summed E-state index contributed by atoms with van der Waals surface area (Å²) in [5.41, 5.74) is 0. The smallest absolute Gasteiger partial charge is 0.223 e. The molecule has 1 saturated carbocycles. The van der Waals surface area contributed by atoms with Crippen LogP contribution in [-0.2, 0) is 4.79 Å². The lowest BCUT2D eigenvalue weighted by Crippen LogP contribution is -2.44. The van der Waals surface area contributed by atoms with E-state index in [2.05, 4.69) is 5.32 Å². The monoisotopic (exact) mass is 213 g/mol. The van der Waals surface area contributed by atoms with Crippen molar-refractivity contribution in [3.8, 4) is 0 Å². The molecule has 1 amide bonds. The third-order valence-corrected chi connectivity index (χ3v) is 3.31. The van der Waals surface area contributed by atoms with Gasteiger partial charge in [-0.05, 0) is 18.8 Å². The van der Waals surface area contributed by atoms with Crippen LogP contribution in [-0.4, -0.2) is 23.7 Å². The van der Waals surface area contributed by atoms with Crippen LogP contribution in [0.2, 0.25) is 0 Å². The van der Waals surface area contributed by atoms with Crippen molar-refractivity contribution in [1.29, 1.82) is 0 Å². The molecule has 3 nitrogen and oxygen atoms in total. The van der Waals surface area contributed by atoms with Crippen LogP contribution in [0.5, 0.6) is 0 Å². The van der Waals surface area contributed by atoms with Gasteiger partial charge in [0.1, 0.15) is 0 Å². The van der Waals surface area contributed by atoms with E-state index in [9.17, 15) is 4.79 Å². The number of hydrogen-bond donors (Lipinski definition) is 2. The van der Waals surface area contributed by atoms with Crippen LogP contribution in [0, 0.1) is 11.8 Å². The molecule has 1 fully saturated rings. The Kier molecular flexibility index (Phi) is 5.09. The molecule has 0 aliphatic heterocycles. The molecule has 3 heteroatoms. The third-order valence-electron chi connectivity index (χ3n) is 3.31. The van der Waals surface area contributed by atoms with Gasteiger partial charge in [-0.1, -0.05) is 33.1 Å². The minimum Gasteiger partial charge on any atom is -0.394 e. The van der Waals surface area contributed by atoms with Gasteiger partial charge in [0.2, 0.25) is 5.91 Å². The molecule has 88 valence electrons. The van der Waals surface area contributed by atoms with E-state index in [4.69, 9.17) is 5.11 Å². The molecule has 1 unspecified atom stereocenters. The minimum atomic E-state index is -0.0839. The van der Waals surface area contributed by atoms with E-state index in [1.807, 2.05) is 13.8 Å². The molecule has 0 radical (unpaired) electrons. The Morgan fingerprint density at radius 3 is 2.40 bits per heavy atom. The van der Waals surface area contributed by atoms with E-state index >= 15 is 0 Å². The number of hydrogen-bond acceptors (Lipinski definition) is 2. The lowest BCUT2D eigenvalue weighted by Gasteiger charge is -2.25. The molecule has 0 aromatic rings. The SMILES string of the molecule is CC(C)C(CO)NC(=O)C1CCCCC1. The summed E-state index contributed by atoms with van der Waals surface area (Å²) >= 11 is 0. The molecule has 15 heavy (non-hydrogen) atoms. The topological polar surface area (TPSA) is 49.3 Å². The van der Waals surface area contributed by atoms with Gasteiger partial charge in [0.25, 0.3) is 0 Å². The number of carbonyl (C=O) groups is 1. The van der Waals surface area contributed by atoms with Crippen molar-refractivity contribution in [2.45, 2.75) is 52.0 Å². The van der Waals surface area contributed by atoms with Crippen molar-refractivity contribution in [3.63, 3.8) is 0 Å². The fraction of sp³-hybridized carbons (Fsp3) is 0.917. The first-order valence-electron chi connectivity index (χ1n) is 6.06. The fourth-order valence-corrected chi connectivity index (χ4v) is 2.09. The maximum absolute atomic E-state index is 11.8. The van der Waals surface area contributed by atoms with E-state index in [0.717, 1.165) is 12.8 Å². The van der Waals surface area contributed by atoms with E-state index in [0.29, 0.717) is 5.92 Å². The quantitative estimate of drug-likeness (QED) is 0.746. The number of nitrogens with one attached hydrogen (secondary N) is 1. The van der Waals surface area contributed by atoms with Gasteiger partial charge in [0.05, 0.1) is 12.6 Å². The van der Waals surface area contributed by atoms with Crippen molar-refractivity contribution in [1.82, 2.24) is 5.32 Å². The molecule has 1 rings (SSSR count). The first-order chi connectivity index (χ1) is 7.15. The summed E-state index contributed by atoms with van der Waals surface area (Å²) in [5.74, 6) is 0.622. The van der Waals surface area contributed by atoms with Crippen molar-refractivity contribution in [2.75, 3.05) is 6.61 Å². The summed E-state index contributed by atoms with van der Waals surface area (Å²) < 4.78 is 0. The summed E-state index contributed by atoms with van der Waals surface area (Å²) in [5, 5.41) is 12.1. The largest absolute Gasteiger partial charge is 0.394 e. The standard InChI is InChI=1S/C12H23NO2/c1-9(2)11(8-14)13-12(15)10-6-4-3-5-7-10/h9-11,14H,3-8H2,1-2H3,(H,13,15). The predicted molar refractivity (Wildman–Crippen MR) is 60.4 cm³/mol. The second-order valence-corrected chi connectivity index (χ2v) is 4.88. The summed E-state index contributed by atoms with van der Waals surface area (Å²) in [7, 11) is 0. The molecular weight excluding hydrogens is 190 g/mol. The molecule has 0 spiro atoms. The molecule has 0 bridgehead atoms. The Morgan fingerprint density at radius 2 is 1.93 bits per heavy atom. The van der Waals surface area contributed by atoms with Crippen LogP contribution in [0.25, 0.3) is 0 Å². The zero-order valence-electron chi connectivity index (χ0n) is 9.83. The molecule has 1 atom stereocenters. The van der Waals surface area contributed by atoms with Crippen LogP contribution in [0.3, 0.4) is 0 Å². The number of rotatable bonds is 4. The number of carbonyl (C=O) groups excluding carboxylic acids is 1. The van der Waals surface area contributed by atoms with Crippen molar-refractivity contribution in [2.24, 2.45) is 11.8 Å². The van der Waals surface area contributed by atoms with Crippen LogP contribution in [0.15, 0.2) is 0 Å². The molecule has 0 aromatic heterocycles. The zero-order chi connectivity index (χ0) is 11.3. The second kappa shape index (κ2) is 6.11. The molecule has 1 aliphatic carbocycles. The third kappa shape index (κ3) is 3.82. The summed E-state index contributed by atoms with van der Waals surface area (Å²) in [6.07, 6.45) is 5.63. The molecule has 1 aliphatic rings. The minimum absolute atomic E-state index is 0.0378. The molecule has 0 saturated heterocycles. The first kappa shape index (κ1) is 12.5. The Morgan fingerprint density at radius 1 is 1.33 bits per heavy atom. The summed E-state index contributed by atoms with van der Waals surface area (Å²) in [6, 6.07) is -0.0839. The van der Waals surface area contributed by atoms with Gasteiger partial charge in [0.15, 0.2) is 0 Å². The summed E-state index contributed by atoms with van der Waals surface area (Å²) in [4.78, 5) is 11.8. The van der Waals surface area contributed by atoms with Gasteiger partial charge in [-0.2, -0.15) is 0 Å².